The number of carbonyl (C=O) groups is 4. The van der Waals surface area contributed by atoms with E-state index in [1.807, 2.05) is 0 Å². The normalized spacial score (nSPS) is 13.1. The minimum atomic E-state index is -1.37. The van der Waals surface area contributed by atoms with Crippen LogP contribution in [-0.4, -0.2) is 58.6 Å². The topological polar surface area (TPSA) is 151 Å². The molecule has 10 nitrogen and oxygen atoms in total. The highest BCUT2D eigenvalue weighted by molar-refractivity contribution is 5.94. The molecule has 0 radical (unpaired) electrons. The molecule has 0 aliphatic carbocycles. The molecule has 0 fully saturated rings. The Morgan fingerprint density at radius 1 is 1.16 bits per heavy atom. The number of nitrogens with two attached hydrogens (primary N) is 1. The van der Waals surface area contributed by atoms with E-state index in [-0.39, 0.29) is 17.4 Å². The molecule has 0 bridgehead atoms. The molecule has 0 aliphatic rings. The molecule has 2 unspecified atom stereocenters. The lowest BCUT2D eigenvalue weighted by molar-refractivity contribution is -0.142. The third-order valence-electron chi connectivity index (χ3n) is 4.37. The molecule has 0 aliphatic heterocycles. The Labute approximate surface area is 188 Å². The predicted octanol–water partition coefficient (Wildman–Crippen LogP) is 1.49. The average molecular weight is 451 g/mol. The summed E-state index contributed by atoms with van der Waals surface area (Å²) in [6.07, 6.45) is -1.41. The lowest BCUT2D eigenvalue weighted by Crippen LogP contribution is -2.53. The molecule has 4 amide bonds. The summed E-state index contributed by atoms with van der Waals surface area (Å²) in [6, 6.07) is 2.02. The minimum absolute atomic E-state index is 0.136. The molecule has 32 heavy (non-hydrogen) atoms. The van der Waals surface area contributed by atoms with E-state index in [1.165, 1.54) is 13.1 Å². The monoisotopic (exact) mass is 450 g/mol. The number of nitrogens with one attached hydrogen (secondary N) is 2. The van der Waals surface area contributed by atoms with E-state index >= 15 is 0 Å². The molecule has 5 N–H and O–H groups in total. The molecule has 1 rings (SSSR count). The van der Waals surface area contributed by atoms with Crippen LogP contribution in [-0.2, 0) is 19.1 Å². The lowest BCUT2D eigenvalue weighted by atomic mass is 9.99. The third-order valence-corrected chi connectivity index (χ3v) is 4.37. The largest absolute Gasteiger partial charge is 0.507 e. The summed E-state index contributed by atoms with van der Waals surface area (Å²) in [5.74, 6) is -2.25. The molecule has 2 atom stereocenters. The molecule has 0 saturated carbocycles. The maximum Gasteiger partial charge on any atom is 0.408 e. The van der Waals surface area contributed by atoms with E-state index in [0.717, 1.165) is 4.90 Å². The first kappa shape index (κ1) is 26.7. The molecule has 0 aromatic heterocycles. The van der Waals surface area contributed by atoms with Gasteiger partial charge in [-0.3, -0.25) is 14.4 Å². The highest BCUT2D eigenvalue weighted by Gasteiger charge is 2.36. The number of phenolic OH excluding ortho intramolecular Hbond substituents is 1. The van der Waals surface area contributed by atoms with Gasteiger partial charge in [-0.05, 0) is 47.1 Å². The van der Waals surface area contributed by atoms with E-state index in [9.17, 15) is 24.3 Å². The van der Waals surface area contributed by atoms with Crippen molar-refractivity contribution in [1.29, 1.82) is 0 Å². The quantitative estimate of drug-likeness (QED) is 0.471. The van der Waals surface area contributed by atoms with Gasteiger partial charge in [0.2, 0.25) is 17.7 Å². The van der Waals surface area contributed by atoms with Gasteiger partial charge in [-0.2, -0.15) is 0 Å². The van der Waals surface area contributed by atoms with Gasteiger partial charge in [0.25, 0.3) is 0 Å². The van der Waals surface area contributed by atoms with E-state index in [2.05, 4.69) is 10.6 Å². The first-order valence-electron chi connectivity index (χ1n) is 10.3. The van der Waals surface area contributed by atoms with Crippen molar-refractivity contribution in [3.8, 4) is 5.75 Å². The summed E-state index contributed by atoms with van der Waals surface area (Å²) in [5.41, 5.74) is 5.16. The second kappa shape index (κ2) is 10.8. The number of nitrogens with zero attached hydrogens (tertiary/aromatic N) is 1. The number of hydrogen-bond donors (Lipinski definition) is 4. The Hall–Kier alpha value is -3.30. The Morgan fingerprint density at radius 3 is 2.25 bits per heavy atom. The number of benzene rings is 1. The van der Waals surface area contributed by atoms with Crippen molar-refractivity contribution in [2.24, 2.45) is 5.73 Å². The molecule has 0 heterocycles. The molecule has 1 aromatic rings. The number of primary amides is 1. The van der Waals surface area contributed by atoms with Crippen LogP contribution in [0.1, 0.15) is 58.2 Å². The fourth-order valence-corrected chi connectivity index (χ4v) is 3.02. The number of aryl methyl sites for hydroxylation is 1. The zero-order valence-electron chi connectivity index (χ0n) is 19.7. The molecule has 0 saturated heterocycles. The number of para-hydroxylation sites is 1. The maximum atomic E-state index is 13.3. The van der Waals surface area contributed by atoms with E-state index < -0.39 is 47.9 Å². The number of aromatic hydroxyl groups is 1. The second-order valence-corrected chi connectivity index (χ2v) is 8.90. The molecule has 1 aromatic carbocycles. The molecule has 0 spiro atoms. The zero-order valence-corrected chi connectivity index (χ0v) is 19.7. The van der Waals surface area contributed by atoms with Gasteiger partial charge in [-0.25, -0.2) is 4.79 Å². The standard InChI is InChI=1S/C22H34N4O6/c1-12(2)24-19(29)17(14-10-8-9-13(3)18(14)28)26(7)20(30)15(11-16(23)27)25-21(31)32-22(4,5)6/h8-10,12,15,17,28H,11H2,1-7H3,(H2,23,27)(H,24,29)(H,25,31). The predicted molar refractivity (Wildman–Crippen MR) is 119 cm³/mol. The van der Waals surface area contributed by atoms with Crippen molar-refractivity contribution in [2.45, 2.75) is 71.7 Å². The van der Waals surface area contributed by atoms with Crippen LogP contribution >= 0.6 is 0 Å². The van der Waals surface area contributed by atoms with Gasteiger partial charge in [0, 0.05) is 18.7 Å². The highest BCUT2D eigenvalue weighted by atomic mass is 16.6. The summed E-state index contributed by atoms with van der Waals surface area (Å²) in [6.45, 7) is 10.1. The van der Waals surface area contributed by atoms with Gasteiger partial charge < -0.3 is 31.1 Å². The van der Waals surface area contributed by atoms with E-state index in [0.29, 0.717) is 5.56 Å². The van der Waals surface area contributed by atoms with Gasteiger partial charge in [-0.1, -0.05) is 18.2 Å². The number of hydrogen-bond acceptors (Lipinski definition) is 6. The lowest BCUT2D eigenvalue weighted by Gasteiger charge is -2.32. The Bertz CT molecular complexity index is 862. The first-order valence-corrected chi connectivity index (χ1v) is 10.3. The number of phenols is 1. The summed E-state index contributed by atoms with van der Waals surface area (Å²) in [4.78, 5) is 51.1. The van der Waals surface area contributed by atoms with E-state index in [4.69, 9.17) is 10.5 Å². The van der Waals surface area contributed by atoms with Crippen molar-refractivity contribution in [3.05, 3.63) is 29.3 Å². The van der Waals surface area contributed by atoms with Crippen molar-refractivity contribution < 1.29 is 29.0 Å². The summed E-state index contributed by atoms with van der Waals surface area (Å²) >= 11 is 0. The van der Waals surface area contributed by atoms with Crippen LogP contribution in [0, 0.1) is 6.92 Å². The summed E-state index contributed by atoms with van der Waals surface area (Å²) in [5, 5.41) is 15.6. The van der Waals surface area contributed by atoms with Crippen molar-refractivity contribution in [1.82, 2.24) is 15.5 Å². The van der Waals surface area contributed by atoms with Crippen LogP contribution < -0.4 is 16.4 Å². The number of carbonyl (C=O) groups excluding carboxylic acids is 4. The van der Waals surface area contributed by atoms with Gasteiger partial charge in [0.05, 0.1) is 6.42 Å². The van der Waals surface area contributed by atoms with Gasteiger partial charge in [0.15, 0.2) is 0 Å². The van der Waals surface area contributed by atoms with Crippen LogP contribution in [0.15, 0.2) is 18.2 Å². The molecule has 10 heteroatoms. The summed E-state index contributed by atoms with van der Waals surface area (Å²) in [7, 11) is 1.35. The number of ether oxygens (including phenoxy) is 1. The Morgan fingerprint density at radius 2 is 1.75 bits per heavy atom. The van der Waals surface area contributed by atoms with E-state index in [1.54, 1.807) is 53.7 Å². The van der Waals surface area contributed by atoms with Gasteiger partial charge in [0.1, 0.15) is 23.4 Å². The first-order chi connectivity index (χ1) is 14.6. The second-order valence-electron chi connectivity index (χ2n) is 8.90. The van der Waals surface area contributed by atoms with Crippen LogP contribution in [0.25, 0.3) is 0 Å². The van der Waals surface area contributed by atoms with Crippen molar-refractivity contribution in [2.75, 3.05) is 7.05 Å². The smallest absolute Gasteiger partial charge is 0.408 e. The minimum Gasteiger partial charge on any atom is -0.507 e. The summed E-state index contributed by atoms with van der Waals surface area (Å²) < 4.78 is 5.17. The number of alkyl carbamates (subject to hydrolysis) is 1. The van der Waals surface area contributed by atoms with Crippen LogP contribution in [0.5, 0.6) is 5.75 Å². The van der Waals surface area contributed by atoms with Crippen LogP contribution in [0.2, 0.25) is 0 Å². The highest BCUT2D eigenvalue weighted by Crippen LogP contribution is 2.31. The van der Waals surface area contributed by atoms with Crippen LogP contribution in [0.3, 0.4) is 0 Å². The van der Waals surface area contributed by atoms with Crippen LogP contribution in [0.4, 0.5) is 4.79 Å². The Kier molecular flexibility index (Phi) is 9.05. The fraction of sp³-hybridized carbons (Fsp3) is 0.545. The SMILES string of the molecule is Cc1cccc(C(C(=O)NC(C)C)N(C)C(=O)C(CC(N)=O)NC(=O)OC(C)(C)C)c1O. The number of amides is 4. The fourth-order valence-electron chi connectivity index (χ4n) is 3.02. The zero-order chi connectivity index (χ0) is 24.8. The number of rotatable bonds is 8. The molecular formula is C22H34N4O6. The maximum absolute atomic E-state index is 13.3. The average Bonchev–Trinajstić information content (AvgIpc) is 2.61. The van der Waals surface area contributed by atoms with Crippen molar-refractivity contribution in [3.63, 3.8) is 0 Å². The van der Waals surface area contributed by atoms with Gasteiger partial charge >= 0.3 is 6.09 Å². The van der Waals surface area contributed by atoms with Gasteiger partial charge in [-0.15, -0.1) is 0 Å². The Balaban J connectivity index is 3.34. The third kappa shape index (κ3) is 7.75. The molecular weight excluding hydrogens is 416 g/mol. The molecule has 178 valence electrons. The van der Waals surface area contributed by atoms with Crippen molar-refractivity contribution >= 4 is 23.8 Å². The number of likely N-dealkylation sites (N-methyl/N-ethyl adjacent to an activating group) is 1.